The molecule has 0 radical (unpaired) electrons. The number of aromatic nitrogens is 3. The normalized spacial score (nSPS) is 10.4. The molecule has 0 aliphatic carbocycles. The Labute approximate surface area is 124 Å². The zero-order valence-electron chi connectivity index (χ0n) is 12.2. The summed E-state index contributed by atoms with van der Waals surface area (Å²) in [7, 11) is 3.65. The predicted octanol–water partition coefficient (Wildman–Crippen LogP) is 1.06. The number of rotatable bonds is 4. The van der Waals surface area contributed by atoms with Gasteiger partial charge in [-0.3, -0.25) is 4.79 Å². The molecule has 0 atom stereocenters. The highest BCUT2D eigenvalue weighted by atomic mass is 35.5. The second-order valence-electron chi connectivity index (χ2n) is 4.64. The Bertz CT molecular complexity index is 610. The van der Waals surface area contributed by atoms with Crippen molar-refractivity contribution < 1.29 is 4.79 Å². The van der Waals surface area contributed by atoms with Crippen LogP contribution in [-0.4, -0.2) is 52.6 Å². The fourth-order valence-electron chi connectivity index (χ4n) is 1.96. The molecule has 1 amide bonds. The summed E-state index contributed by atoms with van der Waals surface area (Å²) in [5, 5.41) is 7.37. The van der Waals surface area contributed by atoms with Crippen LogP contribution < -0.4 is 5.32 Å². The number of carbonyl (C=O) groups excluding carboxylic acids is 1. The maximum absolute atomic E-state index is 12.3. The first-order chi connectivity index (χ1) is 9.04. The molecule has 0 saturated heterocycles. The third-order valence-electron chi connectivity index (χ3n) is 3.12. The number of fused-ring (bicyclic) bond motifs is 1. The Morgan fingerprint density at radius 3 is 2.80 bits per heavy atom. The molecular weight excluding hydrogens is 278 g/mol. The van der Waals surface area contributed by atoms with Crippen molar-refractivity contribution in [2.45, 2.75) is 13.8 Å². The van der Waals surface area contributed by atoms with E-state index in [1.54, 1.807) is 22.7 Å². The summed E-state index contributed by atoms with van der Waals surface area (Å²) in [6.45, 7) is 5.22. The first-order valence-corrected chi connectivity index (χ1v) is 6.26. The second kappa shape index (κ2) is 6.67. The number of aryl methyl sites for hydroxylation is 2. The van der Waals surface area contributed by atoms with Crippen molar-refractivity contribution in [1.82, 2.24) is 24.8 Å². The van der Waals surface area contributed by atoms with Crippen LogP contribution in [0.5, 0.6) is 0 Å². The number of amides is 1. The standard InChI is InChI=1S/C13H19N5O.ClH/c1-9-7-12-15-8-11(10(2)18(12)16-9)13(19)17(4)6-5-14-3;/h7-8,14H,5-6H2,1-4H3;1H. The Hall–Kier alpha value is -1.66. The number of nitrogens with zero attached hydrogens (tertiary/aromatic N) is 4. The van der Waals surface area contributed by atoms with Crippen LogP contribution in [0.1, 0.15) is 21.7 Å². The van der Waals surface area contributed by atoms with Crippen LogP contribution in [0.2, 0.25) is 0 Å². The Kier molecular flexibility index (Phi) is 5.47. The minimum Gasteiger partial charge on any atom is -0.340 e. The highest BCUT2D eigenvalue weighted by Gasteiger charge is 2.17. The third kappa shape index (κ3) is 3.08. The van der Waals surface area contributed by atoms with Gasteiger partial charge in [0.2, 0.25) is 0 Å². The summed E-state index contributed by atoms with van der Waals surface area (Å²) in [4.78, 5) is 18.3. The molecule has 0 saturated carbocycles. The number of hydrogen-bond donors (Lipinski definition) is 1. The summed E-state index contributed by atoms with van der Waals surface area (Å²) in [6.07, 6.45) is 1.63. The van der Waals surface area contributed by atoms with Crippen LogP contribution in [0, 0.1) is 13.8 Å². The van der Waals surface area contributed by atoms with Gasteiger partial charge in [0.1, 0.15) is 0 Å². The van der Waals surface area contributed by atoms with Crippen molar-refractivity contribution in [3.05, 3.63) is 29.2 Å². The zero-order valence-corrected chi connectivity index (χ0v) is 13.0. The van der Waals surface area contributed by atoms with Crippen LogP contribution in [0.25, 0.3) is 5.65 Å². The smallest absolute Gasteiger partial charge is 0.257 e. The molecule has 2 aromatic rings. The monoisotopic (exact) mass is 297 g/mol. The van der Waals surface area contributed by atoms with Crippen molar-refractivity contribution in [1.29, 1.82) is 0 Å². The summed E-state index contributed by atoms with van der Waals surface area (Å²) < 4.78 is 1.72. The lowest BCUT2D eigenvalue weighted by Gasteiger charge is -2.18. The van der Waals surface area contributed by atoms with Crippen molar-refractivity contribution in [2.75, 3.05) is 27.2 Å². The van der Waals surface area contributed by atoms with Gasteiger partial charge in [-0.25, -0.2) is 9.50 Å². The average Bonchev–Trinajstić information content (AvgIpc) is 2.77. The SMILES string of the molecule is CNCCN(C)C(=O)c1cnc2cc(C)nn2c1C.Cl. The van der Waals surface area contributed by atoms with Crippen molar-refractivity contribution in [3.8, 4) is 0 Å². The first-order valence-electron chi connectivity index (χ1n) is 6.26. The van der Waals surface area contributed by atoms with Gasteiger partial charge in [-0.15, -0.1) is 12.4 Å². The first kappa shape index (κ1) is 16.4. The second-order valence-corrected chi connectivity index (χ2v) is 4.64. The van der Waals surface area contributed by atoms with E-state index >= 15 is 0 Å². The van der Waals surface area contributed by atoms with Crippen LogP contribution in [0.3, 0.4) is 0 Å². The molecule has 0 bridgehead atoms. The average molecular weight is 298 g/mol. The van der Waals surface area contributed by atoms with Gasteiger partial charge in [0.05, 0.1) is 17.0 Å². The minimum atomic E-state index is -0.0321. The molecule has 20 heavy (non-hydrogen) atoms. The van der Waals surface area contributed by atoms with E-state index in [0.717, 1.165) is 23.6 Å². The van der Waals surface area contributed by atoms with E-state index in [9.17, 15) is 4.79 Å². The lowest BCUT2D eigenvalue weighted by molar-refractivity contribution is 0.0795. The van der Waals surface area contributed by atoms with Gasteiger partial charge in [-0.2, -0.15) is 5.10 Å². The zero-order chi connectivity index (χ0) is 14.0. The number of halogens is 1. The predicted molar refractivity (Wildman–Crippen MR) is 80.6 cm³/mol. The topological polar surface area (TPSA) is 62.5 Å². The van der Waals surface area contributed by atoms with Gasteiger partial charge < -0.3 is 10.2 Å². The van der Waals surface area contributed by atoms with Gasteiger partial charge in [-0.1, -0.05) is 0 Å². The lowest BCUT2D eigenvalue weighted by Crippen LogP contribution is -2.33. The summed E-state index contributed by atoms with van der Waals surface area (Å²) in [5.74, 6) is -0.0321. The highest BCUT2D eigenvalue weighted by Crippen LogP contribution is 2.12. The molecule has 0 aliphatic heterocycles. The van der Waals surface area contributed by atoms with E-state index in [1.165, 1.54) is 0 Å². The molecule has 0 fully saturated rings. The van der Waals surface area contributed by atoms with Crippen molar-refractivity contribution in [2.24, 2.45) is 0 Å². The Morgan fingerprint density at radius 1 is 1.45 bits per heavy atom. The van der Waals surface area contributed by atoms with E-state index in [-0.39, 0.29) is 18.3 Å². The van der Waals surface area contributed by atoms with E-state index < -0.39 is 0 Å². The van der Waals surface area contributed by atoms with Crippen molar-refractivity contribution in [3.63, 3.8) is 0 Å². The fourth-order valence-corrected chi connectivity index (χ4v) is 1.96. The third-order valence-corrected chi connectivity index (χ3v) is 3.12. The van der Waals surface area contributed by atoms with Crippen molar-refractivity contribution >= 4 is 24.0 Å². The molecule has 2 aromatic heterocycles. The molecule has 0 aliphatic rings. The van der Waals surface area contributed by atoms with E-state index in [4.69, 9.17) is 0 Å². The quantitative estimate of drug-likeness (QED) is 0.916. The molecule has 7 heteroatoms. The molecule has 2 heterocycles. The van der Waals surface area contributed by atoms with E-state index in [1.807, 2.05) is 27.0 Å². The molecule has 0 aromatic carbocycles. The van der Waals surface area contributed by atoms with E-state index in [0.29, 0.717) is 12.1 Å². The maximum atomic E-state index is 12.3. The summed E-state index contributed by atoms with van der Waals surface area (Å²) in [6, 6.07) is 1.89. The molecule has 0 unspecified atom stereocenters. The molecule has 6 nitrogen and oxygen atoms in total. The molecule has 0 spiro atoms. The number of hydrogen-bond acceptors (Lipinski definition) is 4. The lowest BCUT2D eigenvalue weighted by atomic mass is 10.2. The van der Waals surface area contributed by atoms with Crippen LogP contribution in [-0.2, 0) is 0 Å². The van der Waals surface area contributed by atoms with Crippen LogP contribution >= 0.6 is 12.4 Å². The van der Waals surface area contributed by atoms with Gasteiger partial charge in [0.15, 0.2) is 5.65 Å². The molecule has 2 rings (SSSR count). The summed E-state index contributed by atoms with van der Waals surface area (Å²) >= 11 is 0. The minimum absolute atomic E-state index is 0. The number of nitrogens with one attached hydrogen (secondary N) is 1. The Morgan fingerprint density at radius 2 is 2.15 bits per heavy atom. The highest BCUT2D eigenvalue weighted by molar-refractivity contribution is 5.95. The van der Waals surface area contributed by atoms with Gasteiger partial charge >= 0.3 is 0 Å². The van der Waals surface area contributed by atoms with Gasteiger partial charge in [0, 0.05) is 32.4 Å². The van der Waals surface area contributed by atoms with Crippen LogP contribution in [0.4, 0.5) is 0 Å². The number of carbonyl (C=O) groups is 1. The molecule has 110 valence electrons. The van der Waals surface area contributed by atoms with Crippen LogP contribution in [0.15, 0.2) is 12.3 Å². The maximum Gasteiger partial charge on any atom is 0.257 e. The Balaban J connectivity index is 0.00000200. The molecule has 1 N–H and O–H groups in total. The molecular formula is C13H20ClN5O. The van der Waals surface area contributed by atoms with Gasteiger partial charge in [0.25, 0.3) is 5.91 Å². The summed E-state index contributed by atoms with van der Waals surface area (Å²) in [5.41, 5.74) is 3.07. The van der Waals surface area contributed by atoms with Gasteiger partial charge in [-0.05, 0) is 20.9 Å². The fraction of sp³-hybridized carbons (Fsp3) is 0.462. The van der Waals surface area contributed by atoms with E-state index in [2.05, 4.69) is 15.4 Å². The number of likely N-dealkylation sites (N-methyl/N-ethyl adjacent to an activating group) is 2. The largest absolute Gasteiger partial charge is 0.340 e.